The van der Waals surface area contributed by atoms with Crippen molar-refractivity contribution in [2.24, 2.45) is 0 Å². The predicted molar refractivity (Wildman–Crippen MR) is 56.9 cm³/mol. The van der Waals surface area contributed by atoms with E-state index in [9.17, 15) is 0 Å². The molecule has 16 heavy (non-hydrogen) atoms. The van der Waals surface area contributed by atoms with Crippen LogP contribution in [0.2, 0.25) is 0 Å². The fraction of sp³-hybridized carbons (Fsp3) is 0. The summed E-state index contributed by atoms with van der Waals surface area (Å²) in [5, 5.41) is 28.1. The highest BCUT2D eigenvalue weighted by molar-refractivity contribution is 5.94. The van der Waals surface area contributed by atoms with Gasteiger partial charge in [0.25, 0.3) is 0 Å². The number of hydrogen-bond donors (Lipinski definition) is 0. The van der Waals surface area contributed by atoms with Gasteiger partial charge in [0.1, 0.15) is 12.1 Å². The van der Waals surface area contributed by atoms with E-state index in [1.54, 1.807) is 18.2 Å². The SMILES string of the molecule is N#Cc1c[c]c2cccc(C#N)c2c1C#N. The molecule has 3 heteroatoms. The lowest BCUT2D eigenvalue weighted by Crippen LogP contribution is -1.89. The maximum absolute atomic E-state index is 9.04. The van der Waals surface area contributed by atoms with E-state index in [1.165, 1.54) is 6.07 Å². The van der Waals surface area contributed by atoms with Gasteiger partial charge in [0, 0.05) is 5.39 Å². The standard InChI is InChI=1S/C13H4N3/c14-6-10-5-4-9-2-1-3-11(7-15)13(9)12(10)8-16/h1-3,5H. The van der Waals surface area contributed by atoms with Crippen molar-refractivity contribution in [1.82, 2.24) is 0 Å². The predicted octanol–water partition coefficient (Wildman–Crippen LogP) is 2.26. The van der Waals surface area contributed by atoms with Crippen LogP contribution in [-0.4, -0.2) is 0 Å². The van der Waals surface area contributed by atoms with E-state index in [-0.39, 0.29) is 11.1 Å². The van der Waals surface area contributed by atoms with Crippen LogP contribution in [0, 0.1) is 40.1 Å². The second-order valence-electron chi connectivity index (χ2n) is 3.14. The number of nitriles is 3. The van der Waals surface area contributed by atoms with Gasteiger partial charge in [-0.25, -0.2) is 0 Å². The third-order valence-corrected chi connectivity index (χ3v) is 2.31. The molecule has 0 spiro atoms. The minimum absolute atomic E-state index is 0.244. The third-order valence-electron chi connectivity index (χ3n) is 2.31. The van der Waals surface area contributed by atoms with Crippen molar-refractivity contribution in [3.8, 4) is 18.2 Å². The Morgan fingerprint density at radius 2 is 1.69 bits per heavy atom. The zero-order valence-electron chi connectivity index (χ0n) is 8.15. The molecular weight excluding hydrogens is 198 g/mol. The molecule has 0 fully saturated rings. The summed E-state index contributed by atoms with van der Waals surface area (Å²) in [4.78, 5) is 0. The summed E-state index contributed by atoms with van der Waals surface area (Å²) >= 11 is 0. The second kappa shape index (κ2) is 3.73. The second-order valence-corrected chi connectivity index (χ2v) is 3.14. The van der Waals surface area contributed by atoms with Crippen LogP contribution >= 0.6 is 0 Å². The molecule has 0 bridgehead atoms. The molecule has 0 aliphatic carbocycles. The number of hydrogen-bond acceptors (Lipinski definition) is 3. The van der Waals surface area contributed by atoms with E-state index in [4.69, 9.17) is 15.8 Å². The molecule has 0 unspecified atom stereocenters. The van der Waals surface area contributed by atoms with Gasteiger partial charge in [-0.1, -0.05) is 12.1 Å². The molecule has 1 radical (unpaired) electrons. The first kappa shape index (κ1) is 9.71. The molecular formula is C13H4N3. The topological polar surface area (TPSA) is 71.4 Å². The summed E-state index contributed by atoms with van der Waals surface area (Å²) in [6.07, 6.45) is 0. The molecule has 2 aromatic rings. The zero-order chi connectivity index (χ0) is 11.5. The van der Waals surface area contributed by atoms with Crippen LogP contribution in [0.1, 0.15) is 16.7 Å². The summed E-state index contributed by atoms with van der Waals surface area (Å²) in [6, 6.07) is 15.4. The van der Waals surface area contributed by atoms with Crippen molar-refractivity contribution in [2.45, 2.75) is 0 Å². The molecule has 0 heterocycles. The van der Waals surface area contributed by atoms with E-state index in [1.807, 2.05) is 18.2 Å². The van der Waals surface area contributed by atoms with E-state index < -0.39 is 0 Å². The largest absolute Gasteiger partial charge is 0.192 e. The molecule has 3 nitrogen and oxygen atoms in total. The van der Waals surface area contributed by atoms with Crippen molar-refractivity contribution in [1.29, 1.82) is 15.8 Å². The lowest BCUT2D eigenvalue weighted by molar-refractivity contribution is 1.44. The molecule has 0 aromatic heterocycles. The van der Waals surface area contributed by atoms with Gasteiger partial charge in [0.05, 0.1) is 22.8 Å². The Morgan fingerprint density at radius 3 is 2.31 bits per heavy atom. The Kier molecular flexibility index (Phi) is 2.27. The lowest BCUT2D eigenvalue weighted by Gasteiger charge is -2.02. The molecule has 0 aliphatic heterocycles. The van der Waals surface area contributed by atoms with E-state index in [2.05, 4.69) is 6.07 Å². The first-order valence-corrected chi connectivity index (χ1v) is 4.49. The molecule has 0 atom stereocenters. The van der Waals surface area contributed by atoms with Gasteiger partial charge in [-0.15, -0.1) is 0 Å². The average Bonchev–Trinajstić information content (AvgIpc) is 2.36. The van der Waals surface area contributed by atoms with Crippen molar-refractivity contribution in [3.05, 3.63) is 47.0 Å². The van der Waals surface area contributed by atoms with Crippen molar-refractivity contribution < 1.29 is 0 Å². The van der Waals surface area contributed by atoms with Crippen LogP contribution in [0.15, 0.2) is 24.3 Å². The highest BCUT2D eigenvalue weighted by Gasteiger charge is 2.10. The van der Waals surface area contributed by atoms with E-state index in [0.717, 1.165) is 0 Å². The number of rotatable bonds is 0. The van der Waals surface area contributed by atoms with Crippen molar-refractivity contribution in [3.63, 3.8) is 0 Å². The normalized spacial score (nSPS) is 9.06. The minimum atomic E-state index is 0.244. The highest BCUT2D eigenvalue weighted by Crippen LogP contribution is 2.24. The molecule has 0 amide bonds. The Hall–Kier alpha value is -2.83. The number of benzene rings is 2. The summed E-state index contributed by atoms with van der Waals surface area (Å²) in [7, 11) is 0. The summed E-state index contributed by atoms with van der Waals surface area (Å²) in [5.74, 6) is 0. The Morgan fingerprint density at radius 1 is 0.938 bits per heavy atom. The van der Waals surface area contributed by atoms with Crippen molar-refractivity contribution >= 4 is 10.8 Å². The maximum Gasteiger partial charge on any atom is 0.101 e. The Balaban J connectivity index is 3.05. The van der Waals surface area contributed by atoms with Gasteiger partial charge in [0.2, 0.25) is 0 Å². The van der Waals surface area contributed by atoms with Gasteiger partial charge < -0.3 is 0 Å². The average molecular weight is 202 g/mol. The van der Waals surface area contributed by atoms with Gasteiger partial charge in [0.15, 0.2) is 0 Å². The van der Waals surface area contributed by atoms with Gasteiger partial charge in [-0.05, 0) is 23.6 Å². The van der Waals surface area contributed by atoms with Crippen LogP contribution < -0.4 is 0 Å². The Bertz CT molecular complexity index is 694. The molecule has 0 N–H and O–H groups in total. The summed E-state index contributed by atoms with van der Waals surface area (Å²) < 4.78 is 0. The molecule has 2 rings (SSSR count). The van der Waals surface area contributed by atoms with Crippen LogP contribution in [-0.2, 0) is 0 Å². The first-order chi connectivity index (χ1) is 7.81. The highest BCUT2D eigenvalue weighted by atomic mass is 14.3. The smallest absolute Gasteiger partial charge is 0.101 e. The van der Waals surface area contributed by atoms with Crippen LogP contribution in [0.3, 0.4) is 0 Å². The lowest BCUT2D eigenvalue weighted by atomic mass is 9.97. The zero-order valence-corrected chi connectivity index (χ0v) is 8.15. The van der Waals surface area contributed by atoms with Gasteiger partial charge >= 0.3 is 0 Å². The molecule has 0 aliphatic rings. The first-order valence-electron chi connectivity index (χ1n) is 4.49. The quantitative estimate of drug-likeness (QED) is 0.657. The van der Waals surface area contributed by atoms with Crippen LogP contribution in [0.25, 0.3) is 10.8 Å². The molecule has 2 aromatic carbocycles. The van der Waals surface area contributed by atoms with Crippen molar-refractivity contribution in [2.75, 3.05) is 0 Å². The van der Waals surface area contributed by atoms with Gasteiger partial charge in [-0.2, -0.15) is 15.8 Å². The fourth-order valence-corrected chi connectivity index (χ4v) is 1.60. The minimum Gasteiger partial charge on any atom is -0.192 e. The number of nitrogens with zero attached hydrogens (tertiary/aromatic N) is 3. The number of fused-ring (bicyclic) bond motifs is 1. The monoisotopic (exact) mass is 202 g/mol. The van der Waals surface area contributed by atoms with Gasteiger partial charge in [-0.3, -0.25) is 0 Å². The summed E-state index contributed by atoms with van der Waals surface area (Å²) in [5.41, 5.74) is 0.883. The van der Waals surface area contributed by atoms with E-state index >= 15 is 0 Å². The Labute approximate surface area is 92.4 Å². The third kappa shape index (κ3) is 1.27. The summed E-state index contributed by atoms with van der Waals surface area (Å²) in [6.45, 7) is 0. The van der Waals surface area contributed by atoms with E-state index in [0.29, 0.717) is 16.3 Å². The molecule has 0 saturated heterocycles. The molecule has 71 valence electrons. The van der Waals surface area contributed by atoms with Crippen LogP contribution in [0.4, 0.5) is 0 Å². The fourth-order valence-electron chi connectivity index (χ4n) is 1.60. The molecule has 0 saturated carbocycles. The van der Waals surface area contributed by atoms with Crippen LogP contribution in [0.5, 0.6) is 0 Å². The maximum atomic E-state index is 9.04.